The first-order valence-electron chi connectivity index (χ1n) is 9.35. The summed E-state index contributed by atoms with van der Waals surface area (Å²) < 4.78 is 6.74. The van der Waals surface area contributed by atoms with Gasteiger partial charge in [0, 0.05) is 37.2 Å². The van der Waals surface area contributed by atoms with Crippen molar-refractivity contribution in [2.45, 2.75) is 58.1 Å². The number of aryl methyl sites for hydroxylation is 1. The molecule has 1 N–H and O–H groups in total. The Morgan fingerprint density at radius 1 is 1.37 bits per heavy atom. The fourth-order valence-electron chi connectivity index (χ4n) is 4.25. The van der Waals surface area contributed by atoms with Gasteiger partial charge < -0.3 is 9.64 Å². The lowest BCUT2D eigenvalue weighted by Gasteiger charge is -2.24. The van der Waals surface area contributed by atoms with Crippen LogP contribution in [0.4, 0.5) is 0 Å². The Morgan fingerprint density at radius 3 is 2.85 bits per heavy atom. The van der Waals surface area contributed by atoms with E-state index < -0.39 is 5.60 Å². The van der Waals surface area contributed by atoms with Crippen LogP contribution in [0, 0.1) is 12.8 Å². The number of aromatic amines is 1. The van der Waals surface area contributed by atoms with Gasteiger partial charge in [-0.15, -0.1) is 0 Å². The molecule has 2 aliphatic heterocycles. The second-order valence-electron chi connectivity index (χ2n) is 8.17. The zero-order valence-electron chi connectivity index (χ0n) is 15.8. The molecular formula is C19H24N4O4. The third kappa shape index (κ3) is 3.24. The fraction of sp³-hybridized carbons (Fsp3) is 0.579. The van der Waals surface area contributed by atoms with Gasteiger partial charge in [-0.2, -0.15) is 0 Å². The van der Waals surface area contributed by atoms with Crippen molar-refractivity contribution < 1.29 is 14.3 Å². The molecule has 2 saturated heterocycles. The highest BCUT2D eigenvalue weighted by atomic mass is 16.6. The zero-order chi connectivity index (χ0) is 19.3. The summed E-state index contributed by atoms with van der Waals surface area (Å²) in [5.41, 5.74) is 1.33. The number of hydrogen-bond donors (Lipinski definition) is 1. The molecule has 2 aromatic heterocycles. The van der Waals surface area contributed by atoms with Crippen LogP contribution in [0.1, 0.15) is 57.0 Å². The summed E-state index contributed by atoms with van der Waals surface area (Å²) in [6, 6.07) is 3.17. The Labute approximate surface area is 156 Å². The number of carbonyl (C=O) groups excluding carboxylic acids is 2. The first-order valence-corrected chi connectivity index (χ1v) is 9.35. The topological polar surface area (TPSA) is 96.8 Å². The van der Waals surface area contributed by atoms with Crippen molar-refractivity contribution in [3.63, 3.8) is 0 Å². The maximum Gasteiger partial charge on any atom is 0.310 e. The molecular weight excluding hydrogens is 348 g/mol. The van der Waals surface area contributed by atoms with Crippen LogP contribution in [-0.2, 0) is 14.3 Å². The van der Waals surface area contributed by atoms with E-state index in [9.17, 15) is 14.4 Å². The second kappa shape index (κ2) is 6.21. The highest BCUT2D eigenvalue weighted by Gasteiger charge is 2.42. The van der Waals surface area contributed by atoms with E-state index >= 15 is 0 Å². The molecule has 0 spiro atoms. The monoisotopic (exact) mass is 372 g/mol. The van der Waals surface area contributed by atoms with Crippen LogP contribution in [0.25, 0.3) is 5.65 Å². The van der Waals surface area contributed by atoms with Gasteiger partial charge in [0.1, 0.15) is 5.60 Å². The summed E-state index contributed by atoms with van der Waals surface area (Å²) in [5, 5.41) is 3.09. The van der Waals surface area contributed by atoms with Crippen molar-refractivity contribution in [3.05, 3.63) is 33.9 Å². The molecule has 0 aromatic carbocycles. The van der Waals surface area contributed by atoms with E-state index in [2.05, 4.69) is 10.1 Å². The number of nitrogens with one attached hydrogen (secondary N) is 1. The molecule has 0 saturated carbocycles. The smallest absolute Gasteiger partial charge is 0.310 e. The van der Waals surface area contributed by atoms with Crippen LogP contribution < -0.4 is 5.56 Å². The van der Waals surface area contributed by atoms with Crippen LogP contribution in [0.15, 0.2) is 16.9 Å². The van der Waals surface area contributed by atoms with Gasteiger partial charge in [0.05, 0.1) is 17.7 Å². The van der Waals surface area contributed by atoms with Gasteiger partial charge in [0.15, 0.2) is 5.65 Å². The lowest BCUT2D eigenvalue weighted by Crippen LogP contribution is -2.33. The molecule has 27 heavy (non-hydrogen) atoms. The quantitative estimate of drug-likeness (QED) is 0.828. The number of likely N-dealkylation sites (tertiary alicyclic amines) is 1. The van der Waals surface area contributed by atoms with Gasteiger partial charge in [-0.05, 0) is 33.6 Å². The van der Waals surface area contributed by atoms with E-state index in [4.69, 9.17) is 4.74 Å². The molecule has 0 unspecified atom stereocenters. The van der Waals surface area contributed by atoms with Gasteiger partial charge in [-0.3, -0.25) is 19.5 Å². The van der Waals surface area contributed by atoms with Crippen LogP contribution in [0.3, 0.4) is 0 Å². The second-order valence-corrected chi connectivity index (χ2v) is 8.17. The third-order valence-corrected chi connectivity index (χ3v) is 5.40. The Kier molecular flexibility index (Phi) is 4.09. The maximum absolute atomic E-state index is 12.9. The summed E-state index contributed by atoms with van der Waals surface area (Å²) in [4.78, 5) is 43.2. The molecule has 144 valence electrons. The minimum atomic E-state index is -0.506. The van der Waals surface area contributed by atoms with Crippen LogP contribution >= 0.6 is 0 Å². The van der Waals surface area contributed by atoms with Gasteiger partial charge in [-0.25, -0.2) is 9.50 Å². The SMILES string of the molecule is Cc1cc(=O)n2[nH]c([C@@H]3CCCN3C(=O)C[C@@H]3CC(C)(C)OC3=O)cc2n1. The Morgan fingerprint density at radius 2 is 2.15 bits per heavy atom. The van der Waals surface area contributed by atoms with Gasteiger partial charge >= 0.3 is 5.97 Å². The third-order valence-electron chi connectivity index (χ3n) is 5.40. The number of cyclic esters (lactones) is 1. The van der Waals surface area contributed by atoms with Gasteiger partial charge in [0.2, 0.25) is 5.91 Å². The minimum absolute atomic E-state index is 0.0488. The number of esters is 1. The Bertz CT molecular complexity index is 974. The summed E-state index contributed by atoms with van der Waals surface area (Å²) in [7, 11) is 0. The number of amides is 1. The number of carbonyl (C=O) groups is 2. The van der Waals surface area contributed by atoms with Crippen molar-refractivity contribution in [1.82, 2.24) is 19.5 Å². The van der Waals surface area contributed by atoms with E-state index in [0.29, 0.717) is 24.3 Å². The predicted molar refractivity (Wildman–Crippen MR) is 97.1 cm³/mol. The molecule has 2 atom stereocenters. The van der Waals surface area contributed by atoms with Crippen molar-refractivity contribution in [2.75, 3.05) is 6.54 Å². The molecule has 2 aliphatic rings. The van der Waals surface area contributed by atoms with Crippen molar-refractivity contribution in [3.8, 4) is 0 Å². The molecule has 0 aliphatic carbocycles. The predicted octanol–water partition coefficient (Wildman–Crippen LogP) is 1.73. The van der Waals surface area contributed by atoms with Crippen molar-refractivity contribution in [1.29, 1.82) is 0 Å². The Hall–Kier alpha value is -2.64. The number of hydrogen-bond acceptors (Lipinski definition) is 5. The fourth-order valence-corrected chi connectivity index (χ4v) is 4.25. The molecule has 4 rings (SSSR count). The maximum atomic E-state index is 12.9. The highest BCUT2D eigenvalue weighted by molar-refractivity contribution is 5.84. The molecule has 8 heteroatoms. The average molecular weight is 372 g/mol. The number of aromatic nitrogens is 3. The van der Waals surface area contributed by atoms with E-state index in [1.165, 1.54) is 10.6 Å². The van der Waals surface area contributed by atoms with E-state index in [0.717, 1.165) is 18.5 Å². The van der Waals surface area contributed by atoms with E-state index in [-0.39, 0.29) is 35.8 Å². The Balaban J connectivity index is 1.56. The van der Waals surface area contributed by atoms with Crippen LogP contribution in [0.2, 0.25) is 0 Å². The number of nitrogens with zero attached hydrogens (tertiary/aromatic N) is 3. The molecule has 2 fully saturated rings. The van der Waals surface area contributed by atoms with E-state index in [1.54, 1.807) is 11.8 Å². The first kappa shape index (κ1) is 17.8. The standard InChI is InChI=1S/C19H24N4O4/c1-11-7-17(25)23-15(20-11)9-13(21-23)14-5-4-6-22(14)16(24)8-12-10-19(2,3)27-18(12)26/h7,9,12,14,21H,4-6,8,10H2,1-3H3/t12-,14+/m1/s1. The minimum Gasteiger partial charge on any atom is -0.459 e. The summed E-state index contributed by atoms with van der Waals surface area (Å²) in [6.07, 6.45) is 2.41. The molecule has 4 heterocycles. The molecule has 8 nitrogen and oxygen atoms in total. The number of rotatable bonds is 3. The van der Waals surface area contributed by atoms with Gasteiger partial charge in [-0.1, -0.05) is 0 Å². The molecule has 1 amide bonds. The zero-order valence-corrected chi connectivity index (χ0v) is 15.8. The average Bonchev–Trinajstić information content (AvgIpc) is 3.24. The van der Waals surface area contributed by atoms with Crippen molar-refractivity contribution >= 4 is 17.5 Å². The van der Waals surface area contributed by atoms with Crippen LogP contribution in [-0.4, -0.2) is 43.5 Å². The number of fused-ring (bicyclic) bond motifs is 1. The molecule has 0 radical (unpaired) electrons. The van der Waals surface area contributed by atoms with Crippen molar-refractivity contribution in [2.24, 2.45) is 5.92 Å². The summed E-state index contributed by atoms with van der Waals surface area (Å²) in [6.45, 7) is 6.16. The lowest BCUT2D eigenvalue weighted by atomic mass is 9.94. The molecule has 2 aromatic rings. The number of ether oxygens (including phenoxy) is 1. The summed E-state index contributed by atoms with van der Waals surface area (Å²) in [5.74, 6) is -0.725. The summed E-state index contributed by atoms with van der Waals surface area (Å²) >= 11 is 0. The van der Waals surface area contributed by atoms with Gasteiger partial charge in [0.25, 0.3) is 5.56 Å². The normalized spacial score (nSPS) is 24.6. The number of H-pyrrole nitrogens is 1. The first-order chi connectivity index (χ1) is 12.7. The molecule has 0 bridgehead atoms. The van der Waals surface area contributed by atoms with Crippen LogP contribution in [0.5, 0.6) is 0 Å². The van der Waals surface area contributed by atoms with E-state index in [1.807, 2.05) is 19.9 Å². The largest absolute Gasteiger partial charge is 0.459 e. The highest BCUT2D eigenvalue weighted by Crippen LogP contribution is 2.36. The lowest BCUT2D eigenvalue weighted by molar-refractivity contribution is -0.150.